The maximum atomic E-state index is 14.3. The summed E-state index contributed by atoms with van der Waals surface area (Å²) in [6.07, 6.45) is 9.87. The van der Waals surface area contributed by atoms with E-state index in [0.717, 1.165) is 31.5 Å². The molecule has 1 aromatic heterocycles. The van der Waals surface area contributed by atoms with Gasteiger partial charge >= 0.3 is 0 Å². The maximum absolute atomic E-state index is 14.3. The number of ketones is 1. The Morgan fingerprint density at radius 1 is 1.17 bits per heavy atom. The zero-order valence-electron chi connectivity index (χ0n) is 12.9. The summed E-state index contributed by atoms with van der Waals surface area (Å²) in [6, 6.07) is 8.41. The Morgan fingerprint density at radius 3 is 2.70 bits per heavy atom. The lowest BCUT2D eigenvalue weighted by Gasteiger charge is -2.29. The maximum Gasteiger partial charge on any atom is 0.185 e. The normalized spacial score (nSPS) is 15.1. The highest BCUT2D eigenvalue weighted by Crippen LogP contribution is 2.24. The second-order valence-electron chi connectivity index (χ2n) is 5.70. The molecule has 0 unspecified atom stereocenters. The third-order valence-electron chi connectivity index (χ3n) is 4.04. The summed E-state index contributed by atoms with van der Waals surface area (Å²) >= 11 is 0. The number of piperidine rings is 1. The summed E-state index contributed by atoms with van der Waals surface area (Å²) in [7, 11) is 0. The Balaban J connectivity index is 1.74. The van der Waals surface area contributed by atoms with E-state index < -0.39 is 0 Å². The van der Waals surface area contributed by atoms with E-state index in [2.05, 4.69) is 9.88 Å². The van der Waals surface area contributed by atoms with E-state index in [1.165, 1.54) is 18.6 Å². The minimum Gasteiger partial charge on any atom is -0.369 e. The molecule has 2 aromatic rings. The molecule has 3 nitrogen and oxygen atoms in total. The number of pyridine rings is 1. The van der Waals surface area contributed by atoms with Crippen LogP contribution in [0, 0.1) is 5.82 Å². The molecule has 4 heteroatoms. The van der Waals surface area contributed by atoms with E-state index in [1.54, 1.807) is 36.7 Å². The fourth-order valence-electron chi connectivity index (χ4n) is 2.79. The molecule has 118 valence electrons. The number of carbonyl (C=O) groups is 1. The van der Waals surface area contributed by atoms with Gasteiger partial charge in [0.15, 0.2) is 5.78 Å². The fraction of sp³-hybridized carbons (Fsp3) is 0.263. The molecule has 2 heterocycles. The molecular weight excluding hydrogens is 291 g/mol. The molecular formula is C19H19FN2O. The highest BCUT2D eigenvalue weighted by Gasteiger charge is 2.16. The number of anilines is 1. The summed E-state index contributed by atoms with van der Waals surface area (Å²) in [5.74, 6) is -0.537. The number of aromatic nitrogens is 1. The SMILES string of the molecule is O=C(/C=C/c1cccnc1)c1ccc(N2CCCCC2)c(F)c1. The van der Waals surface area contributed by atoms with E-state index >= 15 is 0 Å². The molecule has 3 rings (SSSR count). The second-order valence-corrected chi connectivity index (χ2v) is 5.70. The number of rotatable bonds is 4. The predicted octanol–water partition coefficient (Wildman–Crippen LogP) is 4.11. The quantitative estimate of drug-likeness (QED) is 0.629. The van der Waals surface area contributed by atoms with Gasteiger partial charge in [0, 0.05) is 31.0 Å². The molecule has 1 aromatic carbocycles. The van der Waals surface area contributed by atoms with Crippen LogP contribution in [-0.4, -0.2) is 23.9 Å². The Kier molecular flexibility index (Phi) is 4.81. The first-order valence-electron chi connectivity index (χ1n) is 7.91. The molecule has 1 aliphatic rings. The molecule has 0 radical (unpaired) electrons. The lowest BCUT2D eigenvalue weighted by molar-refractivity contribution is 0.104. The Hall–Kier alpha value is -2.49. The van der Waals surface area contributed by atoms with Crippen LogP contribution in [0.5, 0.6) is 0 Å². The molecule has 0 N–H and O–H groups in total. The molecule has 1 aliphatic heterocycles. The van der Waals surface area contributed by atoms with E-state index in [1.807, 2.05) is 6.07 Å². The van der Waals surface area contributed by atoms with Crippen molar-refractivity contribution in [3.63, 3.8) is 0 Å². The Morgan fingerprint density at radius 2 is 2.00 bits per heavy atom. The van der Waals surface area contributed by atoms with Gasteiger partial charge in [0.05, 0.1) is 5.69 Å². The van der Waals surface area contributed by atoms with Crippen molar-refractivity contribution in [1.82, 2.24) is 4.98 Å². The molecule has 1 fully saturated rings. The fourth-order valence-corrected chi connectivity index (χ4v) is 2.79. The van der Waals surface area contributed by atoms with E-state index in [9.17, 15) is 9.18 Å². The van der Waals surface area contributed by atoms with Crippen LogP contribution < -0.4 is 4.90 Å². The summed E-state index contributed by atoms with van der Waals surface area (Å²) < 4.78 is 14.3. The van der Waals surface area contributed by atoms with Gasteiger partial charge in [-0.1, -0.05) is 6.07 Å². The topological polar surface area (TPSA) is 33.2 Å². The molecule has 0 aliphatic carbocycles. The highest BCUT2D eigenvalue weighted by molar-refractivity contribution is 6.07. The van der Waals surface area contributed by atoms with Gasteiger partial charge in [-0.3, -0.25) is 9.78 Å². The van der Waals surface area contributed by atoms with E-state index in [-0.39, 0.29) is 11.6 Å². The minimum atomic E-state index is -0.326. The average Bonchev–Trinajstić information content (AvgIpc) is 2.61. The van der Waals surface area contributed by atoms with Gasteiger partial charge in [-0.05, 0) is 61.2 Å². The van der Waals surface area contributed by atoms with Crippen molar-refractivity contribution in [2.75, 3.05) is 18.0 Å². The number of halogens is 1. The molecule has 0 saturated carbocycles. The number of nitrogens with zero attached hydrogens (tertiary/aromatic N) is 2. The number of carbonyl (C=O) groups excluding carboxylic acids is 1. The number of allylic oxidation sites excluding steroid dienone is 1. The molecule has 0 bridgehead atoms. The van der Waals surface area contributed by atoms with Crippen LogP contribution in [0.4, 0.5) is 10.1 Å². The third kappa shape index (κ3) is 3.83. The molecule has 0 atom stereocenters. The van der Waals surface area contributed by atoms with E-state index in [4.69, 9.17) is 0 Å². The first kappa shape index (κ1) is 15.4. The summed E-state index contributed by atoms with van der Waals surface area (Å²) in [4.78, 5) is 18.2. The standard InChI is InChI=1S/C19H19FN2O/c20-17-13-16(7-8-18(17)22-11-2-1-3-12-22)19(23)9-6-15-5-4-10-21-14-15/h4-10,13-14H,1-3,11-12H2/b9-6+. The Bertz CT molecular complexity index is 707. The van der Waals surface area contributed by atoms with E-state index in [0.29, 0.717) is 11.3 Å². The molecule has 0 amide bonds. The van der Waals surface area contributed by atoms with Crippen molar-refractivity contribution < 1.29 is 9.18 Å². The molecule has 1 saturated heterocycles. The summed E-state index contributed by atoms with van der Waals surface area (Å²) in [5, 5.41) is 0. The van der Waals surface area contributed by atoms with Gasteiger partial charge < -0.3 is 4.90 Å². The first-order valence-corrected chi connectivity index (χ1v) is 7.91. The van der Waals surface area contributed by atoms with Gasteiger partial charge in [-0.15, -0.1) is 0 Å². The van der Waals surface area contributed by atoms with Crippen molar-refractivity contribution >= 4 is 17.5 Å². The van der Waals surface area contributed by atoms with Crippen LogP contribution in [0.1, 0.15) is 35.2 Å². The van der Waals surface area contributed by atoms with Crippen LogP contribution in [0.3, 0.4) is 0 Å². The van der Waals surface area contributed by atoms with Crippen molar-refractivity contribution in [2.24, 2.45) is 0 Å². The van der Waals surface area contributed by atoms with Crippen molar-refractivity contribution in [3.8, 4) is 0 Å². The largest absolute Gasteiger partial charge is 0.369 e. The zero-order valence-corrected chi connectivity index (χ0v) is 12.9. The van der Waals surface area contributed by atoms with Gasteiger partial charge in [0.2, 0.25) is 0 Å². The van der Waals surface area contributed by atoms with Gasteiger partial charge in [0.1, 0.15) is 5.82 Å². The van der Waals surface area contributed by atoms with Gasteiger partial charge in [-0.25, -0.2) is 4.39 Å². The Labute approximate surface area is 135 Å². The minimum absolute atomic E-state index is 0.210. The zero-order chi connectivity index (χ0) is 16.1. The number of hydrogen-bond donors (Lipinski definition) is 0. The lowest BCUT2D eigenvalue weighted by Crippen LogP contribution is -2.30. The van der Waals surface area contributed by atoms with Gasteiger partial charge in [-0.2, -0.15) is 0 Å². The average molecular weight is 310 g/mol. The van der Waals surface area contributed by atoms with Crippen LogP contribution in [-0.2, 0) is 0 Å². The van der Waals surface area contributed by atoms with Gasteiger partial charge in [0.25, 0.3) is 0 Å². The summed E-state index contributed by atoms with van der Waals surface area (Å²) in [6.45, 7) is 1.76. The van der Waals surface area contributed by atoms with Crippen molar-refractivity contribution in [3.05, 3.63) is 65.7 Å². The van der Waals surface area contributed by atoms with Crippen LogP contribution >= 0.6 is 0 Å². The highest BCUT2D eigenvalue weighted by atomic mass is 19.1. The monoisotopic (exact) mass is 310 g/mol. The number of hydrogen-bond acceptors (Lipinski definition) is 3. The van der Waals surface area contributed by atoms with Crippen molar-refractivity contribution in [2.45, 2.75) is 19.3 Å². The number of benzene rings is 1. The molecule has 23 heavy (non-hydrogen) atoms. The lowest BCUT2D eigenvalue weighted by atomic mass is 10.1. The van der Waals surface area contributed by atoms with Crippen LogP contribution in [0.25, 0.3) is 6.08 Å². The smallest absolute Gasteiger partial charge is 0.185 e. The first-order chi connectivity index (χ1) is 11.2. The second kappa shape index (κ2) is 7.18. The summed E-state index contributed by atoms with van der Waals surface area (Å²) in [5.41, 5.74) is 1.80. The third-order valence-corrected chi connectivity index (χ3v) is 4.04. The van der Waals surface area contributed by atoms with Crippen LogP contribution in [0.2, 0.25) is 0 Å². The molecule has 0 spiro atoms. The van der Waals surface area contributed by atoms with Crippen molar-refractivity contribution in [1.29, 1.82) is 0 Å². The van der Waals surface area contributed by atoms with Crippen LogP contribution in [0.15, 0.2) is 48.8 Å². The predicted molar refractivity (Wildman–Crippen MR) is 90.1 cm³/mol.